The van der Waals surface area contributed by atoms with E-state index >= 15 is 0 Å². The van der Waals surface area contributed by atoms with E-state index in [1.54, 1.807) is 6.92 Å². The number of H-pyrrole nitrogens is 1. The second kappa shape index (κ2) is 6.39. The number of rotatable bonds is 5. The molecule has 0 aliphatic heterocycles. The number of benzene rings is 2. The van der Waals surface area contributed by atoms with Crippen molar-refractivity contribution in [3.8, 4) is 11.3 Å². The maximum atomic E-state index is 13.0. The van der Waals surface area contributed by atoms with E-state index in [0.29, 0.717) is 17.7 Å². The van der Waals surface area contributed by atoms with Gasteiger partial charge in [0.1, 0.15) is 9.75 Å². The van der Waals surface area contributed by atoms with Crippen LogP contribution >= 0.6 is 23.2 Å². The number of hydrogen-bond donors (Lipinski definition) is 1. The average Bonchev–Trinajstić information content (AvgIpc) is 3.02. The van der Waals surface area contributed by atoms with Gasteiger partial charge >= 0.3 is 5.97 Å². The van der Waals surface area contributed by atoms with Crippen LogP contribution in [-0.2, 0) is 9.53 Å². The summed E-state index contributed by atoms with van der Waals surface area (Å²) in [6, 6.07) is 17.1. The molecule has 138 valence electrons. The molecule has 4 nitrogen and oxygen atoms in total. The van der Waals surface area contributed by atoms with Crippen LogP contribution in [0, 0.1) is 5.41 Å². The lowest BCUT2D eigenvalue weighted by Crippen LogP contribution is -2.24. The minimum Gasteiger partial charge on any atom is -0.457 e. The number of para-hydroxylation sites is 1. The number of hydrogen-bond acceptors (Lipinski definition) is 3. The molecule has 0 amide bonds. The molecule has 1 fully saturated rings. The summed E-state index contributed by atoms with van der Waals surface area (Å²) >= 11 is 12.0. The molecule has 1 N–H and O–H groups in total. The summed E-state index contributed by atoms with van der Waals surface area (Å²) < 4.78 is 4.14. The van der Waals surface area contributed by atoms with E-state index in [0.717, 1.165) is 16.5 Å². The number of nitrogens with one attached hydrogen (secondary N) is 1. The minimum atomic E-state index is -1.12. The molecule has 0 bridgehead atoms. The van der Waals surface area contributed by atoms with Crippen molar-refractivity contribution >= 4 is 45.9 Å². The van der Waals surface area contributed by atoms with Crippen LogP contribution in [0.4, 0.5) is 0 Å². The van der Waals surface area contributed by atoms with Gasteiger partial charge < -0.3 is 9.72 Å². The predicted octanol–water partition coefficient (Wildman–Crippen LogP) is 5.14. The first-order valence-corrected chi connectivity index (χ1v) is 9.33. The van der Waals surface area contributed by atoms with Crippen LogP contribution in [0.5, 0.6) is 0 Å². The number of ketones is 1. The van der Waals surface area contributed by atoms with Crippen LogP contribution < -0.4 is 0 Å². The summed E-state index contributed by atoms with van der Waals surface area (Å²) in [6.45, 7) is 1.28. The Morgan fingerprint density at radius 2 is 1.70 bits per heavy atom. The highest BCUT2D eigenvalue weighted by atomic mass is 35.5. The van der Waals surface area contributed by atoms with Crippen molar-refractivity contribution < 1.29 is 14.3 Å². The van der Waals surface area contributed by atoms with Gasteiger partial charge in [-0.15, -0.1) is 23.2 Å². The summed E-state index contributed by atoms with van der Waals surface area (Å²) in [5, 5.41) is 0.791. The van der Waals surface area contributed by atoms with Gasteiger partial charge in [-0.3, -0.25) is 9.59 Å². The van der Waals surface area contributed by atoms with E-state index in [9.17, 15) is 9.59 Å². The fourth-order valence-corrected chi connectivity index (χ4v) is 3.93. The van der Waals surface area contributed by atoms with Crippen LogP contribution in [0.3, 0.4) is 0 Å². The first kappa shape index (κ1) is 18.1. The fourth-order valence-electron chi connectivity index (χ4n) is 3.24. The van der Waals surface area contributed by atoms with Gasteiger partial charge in [0.2, 0.25) is 5.78 Å². The highest BCUT2D eigenvalue weighted by Gasteiger charge is 2.69. The largest absolute Gasteiger partial charge is 0.457 e. The Morgan fingerprint density at radius 3 is 2.37 bits per heavy atom. The monoisotopic (exact) mass is 401 g/mol. The number of carbonyl (C=O) groups is 2. The molecule has 1 aromatic heterocycles. The van der Waals surface area contributed by atoms with Gasteiger partial charge in [-0.25, -0.2) is 0 Å². The van der Waals surface area contributed by atoms with Gasteiger partial charge in [-0.1, -0.05) is 48.5 Å². The molecular formula is C21H17Cl2NO3. The summed E-state index contributed by atoms with van der Waals surface area (Å²) in [6.07, 6.45) is 0.318. The third-order valence-corrected chi connectivity index (χ3v) is 6.19. The van der Waals surface area contributed by atoms with Gasteiger partial charge in [-0.2, -0.15) is 0 Å². The molecule has 1 heterocycles. The number of esters is 1. The smallest absolute Gasteiger partial charge is 0.315 e. The minimum absolute atomic E-state index is 0.279. The first-order valence-electron chi connectivity index (χ1n) is 8.58. The van der Waals surface area contributed by atoms with Gasteiger partial charge in [0.25, 0.3) is 0 Å². The SMILES string of the molecule is C[C@@]1(C(=O)OCC(=O)c2c(-c3ccccc3)[nH]c3ccccc23)CC1(Cl)Cl. The van der Waals surface area contributed by atoms with Crippen molar-refractivity contribution in [1.29, 1.82) is 0 Å². The lowest BCUT2D eigenvalue weighted by molar-refractivity contribution is -0.148. The molecule has 6 heteroatoms. The normalized spacial score (nSPS) is 20.4. The van der Waals surface area contributed by atoms with E-state index in [2.05, 4.69) is 4.98 Å². The van der Waals surface area contributed by atoms with E-state index in [4.69, 9.17) is 27.9 Å². The molecule has 27 heavy (non-hydrogen) atoms. The number of alkyl halides is 2. The predicted molar refractivity (Wildman–Crippen MR) is 106 cm³/mol. The number of fused-ring (bicyclic) bond motifs is 1. The third kappa shape index (κ3) is 3.03. The second-order valence-electron chi connectivity index (χ2n) is 7.00. The molecule has 0 saturated heterocycles. The summed E-state index contributed by atoms with van der Waals surface area (Å²) in [7, 11) is 0. The molecular weight excluding hydrogens is 385 g/mol. The van der Waals surface area contributed by atoms with Crippen molar-refractivity contribution in [1.82, 2.24) is 4.98 Å². The van der Waals surface area contributed by atoms with Crippen molar-refractivity contribution in [2.45, 2.75) is 17.7 Å². The van der Waals surface area contributed by atoms with Crippen LogP contribution in [0.1, 0.15) is 23.7 Å². The van der Waals surface area contributed by atoms with Gasteiger partial charge in [-0.05, 0) is 18.6 Å². The zero-order valence-corrected chi connectivity index (χ0v) is 16.1. The number of aromatic amines is 1. The maximum absolute atomic E-state index is 13.0. The quantitative estimate of drug-likeness (QED) is 0.365. The Labute approximate surface area is 166 Å². The highest BCUT2D eigenvalue weighted by Crippen LogP contribution is 2.64. The lowest BCUT2D eigenvalue weighted by atomic mass is 10.0. The Bertz CT molecular complexity index is 1040. The van der Waals surface area contributed by atoms with Crippen LogP contribution in [0.25, 0.3) is 22.2 Å². The van der Waals surface area contributed by atoms with E-state index in [1.165, 1.54) is 0 Å². The Morgan fingerprint density at radius 1 is 1.07 bits per heavy atom. The standard InChI is InChI=1S/C21H17Cl2NO3/c1-20(12-21(20,22)23)19(26)27-11-16(25)17-14-9-5-6-10-15(14)24-18(17)13-7-3-2-4-8-13/h2-10,24H,11-12H2,1H3/t20-/m0/s1. The van der Waals surface area contributed by atoms with Crippen LogP contribution in [-0.4, -0.2) is 27.7 Å². The fraction of sp³-hybridized carbons (Fsp3) is 0.238. The lowest BCUT2D eigenvalue weighted by Gasteiger charge is -2.11. The summed E-state index contributed by atoms with van der Waals surface area (Å²) in [5.41, 5.74) is 1.99. The van der Waals surface area contributed by atoms with E-state index < -0.39 is 15.7 Å². The van der Waals surface area contributed by atoms with Crippen molar-refractivity contribution in [3.63, 3.8) is 0 Å². The first-order chi connectivity index (χ1) is 12.8. The van der Waals surface area contributed by atoms with Crippen LogP contribution in [0.15, 0.2) is 54.6 Å². The average molecular weight is 402 g/mol. The van der Waals surface area contributed by atoms with Gasteiger partial charge in [0, 0.05) is 17.3 Å². The topological polar surface area (TPSA) is 59.2 Å². The summed E-state index contributed by atoms with van der Waals surface area (Å²) in [4.78, 5) is 28.5. The van der Waals surface area contributed by atoms with E-state index in [1.807, 2.05) is 54.6 Å². The molecule has 3 aromatic rings. The second-order valence-corrected chi connectivity index (χ2v) is 8.48. The number of aromatic nitrogens is 1. The molecule has 1 saturated carbocycles. The molecule has 1 atom stereocenters. The molecule has 4 rings (SSSR count). The van der Waals surface area contributed by atoms with Crippen molar-refractivity contribution in [2.24, 2.45) is 5.41 Å². The maximum Gasteiger partial charge on any atom is 0.315 e. The van der Waals surface area contributed by atoms with E-state index in [-0.39, 0.29) is 12.4 Å². The number of Topliss-reactive ketones (excluding diaryl/α,β-unsaturated/α-hetero) is 1. The summed E-state index contributed by atoms with van der Waals surface area (Å²) in [5.74, 6) is -0.833. The molecule has 1 aliphatic carbocycles. The van der Waals surface area contributed by atoms with Crippen LogP contribution in [0.2, 0.25) is 0 Å². The number of ether oxygens (including phenoxy) is 1. The third-order valence-electron chi connectivity index (χ3n) is 5.09. The van der Waals surface area contributed by atoms with Gasteiger partial charge in [0.05, 0.1) is 11.3 Å². The highest BCUT2D eigenvalue weighted by molar-refractivity contribution is 6.53. The van der Waals surface area contributed by atoms with Crippen molar-refractivity contribution in [3.05, 3.63) is 60.2 Å². The zero-order valence-electron chi connectivity index (χ0n) is 14.6. The molecule has 0 unspecified atom stereocenters. The number of carbonyl (C=O) groups excluding carboxylic acids is 2. The molecule has 0 radical (unpaired) electrons. The Kier molecular flexibility index (Phi) is 4.28. The zero-order chi connectivity index (χ0) is 19.2. The number of halogens is 2. The Hall–Kier alpha value is -2.30. The van der Waals surface area contributed by atoms with Gasteiger partial charge in [0.15, 0.2) is 6.61 Å². The Balaban J connectivity index is 1.64. The molecule has 0 spiro atoms. The molecule has 1 aliphatic rings. The van der Waals surface area contributed by atoms with Crippen molar-refractivity contribution in [2.75, 3.05) is 6.61 Å². The molecule has 2 aromatic carbocycles.